The molecule has 1 rings (SSSR count). The highest BCUT2D eigenvalue weighted by molar-refractivity contribution is 5.26. The van der Waals surface area contributed by atoms with Crippen molar-refractivity contribution in [3.63, 3.8) is 0 Å². The Labute approximate surface area is 87.1 Å². The summed E-state index contributed by atoms with van der Waals surface area (Å²) in [5.74, 6) is -2.18. The third-order valence-electron chi connectivity index (χ3n) is 2.40. The Balaban J connectivity index is 3.17. The lowest BCUT2D eigenvalue weighted by molar-refractivity contribution is 0.152. The monoisotopic (exact) mass is 217 g/mol. The lowest BCUT2D eigenvalue weighted by Gasteiger charge is -2.24. The molecule has 0 heterocycles. The number of benzene rings is 1. The van der Waals surface area contributed by atoms with Gasteiger partial charge >= 0.3 is 0 Å². The SMILES string of the molecule is CCCC(F)(CN)c1cccc(F)c1F. The van der Waals surface area contributed by atoms with Crippen LogP contribution >= 0.6 is 0 Å². The van der Waals surface area contributed by atoms with E-state index in [-0.39, 0.29) is 18.5 Å². The number of alkyl halides is 1. The van der Waals surface area contributed by atoms with Gasteiger partial charge in [0.2, 0.25) is 0 Å². The van der Waals surface area contributed by atoms with E-state index in [1.54, 1.807) is 6.92 Å². The van der Waals surface area contributed by atoms with Gasteiger partial charge in [0.25, 0.3) is 0 Å². The first-order valence-electron chi connectivity index (χ1n) is 4.88. The third-order valence-corrected chi connectivity index (χ3v) is 2.40. The van der Waals surface area contributed by atoms with Gasteiger partial charge in [0.1, 0.15) is 0 Å². The van der Waals surface area contributed by atoms with Crippen LogP contribution in [0.15, 0.2) is 18.2 Å². The maximum absolute atomic E-state index is 14.2. The lowest BCUT2D eigenvalue weighted by atomic mass is 9.91. The molecule has 1 atom stereocenters. The minimum atomic E-state index is -1.97. The highest BCUT2D eigenvalue weighted by Gasteiger charge is 2.33. The van der Waals surface area contributed by atoms with Gasteiger partial charge in [-0.2, -0.15) is 0 Å². The summed E-state index contributed by atoms with van der Waals surface area (Å²) >= 11 is 0. The molecule has 2 N–H and O–H groups in total. The van der Waals surface area contributed by atoms with Crippen LogP contribution in [0.4, 0.5) is 13.2 Å². The van der Waals surface area contributed by atoms with Crippen LogP contribution in [-0.4, -0.2) is 6.54 Å². The largest absolute Gasteiger partial charge is 0.327 e. The van der Waals surface area contributed by atoms with Crippen LogP contribution in [0, 0.1) is 11.6 Å². The van der Waals surface area contributed by atoms with Crippen LogP contribution in [-0.2, 0) is 5.67 Å². The van der Waals surface area contributed by atoms with Gasteiger partial charge in [0.05, 0.1) is 0 Å². The molecule has 0 fully saturated rings. The zero-order valence-electron chi connectivity index (χ0n) is 8.56. The molecular formula is C11H14F3N. The van der Waals surface area contributed by atoms with Crippen LogP contribution in [0.5, 0.6) is 0 Å². The zero-order valence-corrected chi connectivity index (χ0v) is 8.56. The molecule has 1 unspecified atom stereocenters. The van der Waals surface area contributed by atoms with Crippen molar-refractivity contribution in [2.75, 3.05) is 6.54 Å². The maximum atomic E-state index is 14.2. The average Bonchev–Trinajstić information content (AvgIpc) is 2.22. The van der Waals surface area contributed by atoms with Gasteiger partial charge in [-0.15, -0.1) is 0 Å². The summed E-state index contributed by atoms with van der Waals surface area (Å²) < 4.78 is 40.4. The zero-order chi connectivity index (χ0) is 11.5. The first kappa shape index (κ1) is 12.0. The van der Waals surface area contributed by atoms with Crippen molar-refractivity contribution in [3.05, 3.63) is 35.4 Å². The normalized spacial score (nSPS) is 15.0. The standard InChI is InChI=1S/C11H14F3N/c1-2-6-11(14,7-15)8-4-3-5-9(12)10(8)13/h3-5H,2,6-7,15H2,1H3. The third kappa shape index (κ3) is 2.31. The molecule has 0 aliphatic rings. The molecule has 1 aromatic carbocycles. The van der Waals surface area contributed by atoms with Crippen molar-refractivity contribution < 1.29 is 13.2 Å². The first-order chi connectivity index (χ1) is 7.05. The Morgan fingerprint density at radius 1 is 1.33 bits per heavy atom. The van der Waals surface area contributed by atoms with Crippen LogP contribution in [0.25, 0.3) is 0 Å². The Morgan fingerprint density at radius 2 is 2.00 bits per heavy atom. The summed E-state index contributed by atoms with van der Waals surface area (Å²) in [7, 11) is 0. The quantitative estimate of drug-likeness (QED) is 0.824. The van der Waals surface area contributed by atoms with E-state index in [0.717, 1.165) is 6.07 Å². The molecule has 84 valence electrons. The van der Waals surface area contributed by atoms with E-state index >= 15 is 0 Å². The molecule has 4 heteroatoms. The highest BCUT2D eigenvalue weighted by atomic mass is 19.2. The van der Waals surface area contributed by atoms with E-state index in [1.165, 1.54) is 12.1 Å². The summed E-state index contributed by atoms with van der Waals surface area (Å²) in [5, 5.41) is 0. The molecule has 0 aliphatic heterocycles. The average molecular weight is 217 g/mol. The number of hydrogen-bond donors (Lipinski definition) is 1. The number of halogens is 3. The number of nitrogens with two attached hydrogens (primary N) is 1. The molecule has 0 amide bonds. The lowest BCUT2D eigenvalue weighted by Crippen LogP contribution is -2.31. The molecule has 1 aromatic rings. The Bertz CT molecular complexity index is 341. The van der Waals surface area contributed by atoms with Crippen molar-refractivity contribution in [2.24, 2.45) is 5.73 Å². The van der Waals surface area contributed by atoms with Crippen molar-refractivity contribution in [2.45, 2.75) is 25.4 Å². The second-order valence-corrected chi connectivity index (χ2v) is 3.52. The van der Waals surface area contributed by atoms with Crippen LogP contribution in [0.3, 0.4) is 0 Å². The molecule has 1 nitrogen and oxygen atoms in total. The Kier molecular flexibility index (Phi) is 3.74. The van der Waals surface area contributed by atoms with Crippen molar-refractivity contribution >= 4 is 0 Å². The van der Waals surface area contributed by atoms with Gasteiger partial charge in [-0.1, -0.05) is 25.5 Å². The predicted molar refractivity (Wildman–Crippen MR) is 53.1 cm³/mol. The van der Waals surface area contributed by atoms with Crippen LogP contribution in [0.1, 0.15) is 25.3 Å². The summed E-state index contributed by atoms with van der Waals surface area (Å²) in [5.41, 5.74) is 3.02. The highest BCUT2D eigenvalue weighted by Crippen LogP contribution is 2.32. The van der Waals surface area contributed by atoms with E-state index in [1.807, 2.05) is 0 Å². The molecule has 0 bridgehead atoms. The Morgan fingerprint density at radius 3 is 2.53 bits per heavy atom. The smallest absolute Gasteiger partial charge is 0.165 e. The van der Waals surface area contributed by atoms with E-state index in [4.69, 9.17) is 5.73 Å². The summed E-state index contributed by atoms with van der Waals surface area (Å²) in [4.78, 5) is 0. The second kappa shape index (κ2) is 4.66. The molecule has 0 saturated carbocycles. The van der Waals surface area contributed by atoms with Crippen molar-refractivity contribution in [3.8, 4) is 0 Å². The van der Waals surface area contributed by atoms with Crippen LogP contribution in [0.2, 0.25) is 0 Å². The fourth-order valence-electron chi connectivity index (χ4n) is 1.59. The van der Waals surface area contributed by atoms with Gasteiger partial charge in [0.15, 0.2) is 17.3 Å². The predicted octanol–water partition coefficient (Wildman–Crippen LogP) is 2.89. The second-order valence-electron chi connectivity index (χ2n) is 3.52. The molecule has 0 spiro atoms. The van der Waals surface area contributed by atoms with E-state index < -0.39 is 17.3 Å². The van der Waals surface area contributed by atoms with Crippen LogP contribution < -0.4 is 5.73 Å². The summed E-state index contributed by atoms with van der Waals surface area (Å²) in [6, 6.07) is 3.48. The first-order valence-corrected chi connectivity index (χ1v) is 4.88. The summed E-state index contributed by atoms with van der Waals surface area (Å²) in [6.07, 6.45) is 0.605. The fourth-order valence-corrected chi connectivity index (χ4v) is 1.59. The number of hydrogen-bond acceptors (Lipinski definition) is 1. The van der Waals surface area contributed by atoms with E-state index in [9.17, 15) is 13.2 Å². The molecular weight excluding hydrogens is 203 g/mol. The maximum Gasteiger partial charge on any atom is 0.165 e. The molecule has 0 aromatic heterocycles. The minimum Gasteiger partial charge on any atom is -0.327 e. The van der Waals surface area contributed by atoms with E-state index in [0.29, 0.717) is 6.42 Å². The number of rotatable bonds is 4. The van der Waals surface area contributed by atoms with Gasteiger partial charge in [0, 0.05) is 12.1 Å². The minimum absolute atomic E-state index is 0.0872. The van der Waals surface area contributed by atoms with Gasteiger partial charge in [-0.3, -0.25) is 0 Å². The molecule has 15 heavy (non-hydrogen) atoms. The van der Waals surface area contributed by atoms with E-state index in [2.05, 4.69) is 0 Å². The molecule has 0 aliphatic carbocycles. The molecule has 0 radical (unpaired) electrons. The summed E-state index contributed by atoms with van der Waals surface area (Å²) in [6.45, 7) is 1.42. The topological polar surface area (TPSA) is 26.0 Å². The van der Waals surface area contributed by atoms with Crippen molar-refractivity contribution in [1.29, 1.82) is 0 Å². The van der Waals surface area contributed by atoms with Gasteiger partial charge in [-0.25, -0.2) is 13.2 Å². The van der Waals surface area contributed by atoms with Crippen molar-refractivity contribution in [1.82, 2.24) is 0 Å². The van der Waals surface area contributed by atoms with Gasteiger partial charge in [-0.05, 0) is 12.5 Å². The van der Waals surface area contributed by atoms with Gasteiger partial charge < -0.3 is 5.73 Å². The Hall–Kier alpha value is -1.03. The molecule has 0 saturated heterocycles. The fraction of sp³-hybridized carbons (Fsp3) is 0.455.